The molecule has 0 radical (unpaired) electrons. The van der Waals surface area contributed by atoms with Crippen LogP contribution in [0.1, 0.15) is 12.0 Å². The fourth-order valence-electron chi connectivity index (χ4n) is 1.71. The summed E-state index contributed by atoms with van der Waals surface area (Å²) in [4.78, 5) is 12.9. The van der Waals surface area contributed by atoms with Gasteiger partial charge in [0.05, 0.1) is 0 Å². The van der Waals surface area contributed by atoms with Gasteiger partial charge >= 0.3 is 0 Å². The Balaban J connectivity index is 1.68. The number of benzene rings is 2. The second-order valence-corrected chi connectivity index (χ2v) is 5.92. The molecule has 0 heterocycles. The molecule has 0 saturated carbocycles. The molecule has 2 nitrogen and oxygen atoms in total. The fraction of sp³-hybridized carbons (Fsp3) is 0.188. The lowest BCUT2D eigenvalue weighted by atomic mass is 10.2. The SMILES string of the molecule is O=C(CCSc1ccccc1)NCc1cccc(Cl)c1. The van der Waals surface area contributed by atoms with E-state index >= 15 is 0 Å². The first-order valence-corrected chi connectivity index (χ1v) is 7.79. The van der Waals surface area contributed by atoms with E-state index in [-0.39, 0.29) is 5.91 Å². The van der Waals surface area contributed by atoms with Gasteiger partial charge in [0.2, 0.25) is 5.91 Å². The van der Waals surface area contributed by atoms with Gasteiger partial charge in [-0.15, -0.1) is 11.8 Å². The number of nitrogens with one attached hydrogen (secondary N) is 1. The molecule has 20 heavy (non-hydrogen) atoms. The Hall–Kier alpha value is -1.45. The Labute approximate surface area is 128 Å². The van der Waals surface area contributed by atoms with Crippen LogP contribution >= 0.6 is 23.4 Å². The molecule has 1 N–H and O–H groups in total. The van der Waals surface area contributed by atoms with Crippen molar-refractivity contribution in [3.8, 4) is 0 Å². The van der Waals surface area contributed by atoms with Crippen LogP contribution < -0.4 is 5.32 Å². The van der Waals surface area contributed by atoms with Crippen LogP contribution in [0.2, 0.25) is 5.02 Å². The van der Waals surface area contributed by atoms with Crippen molar-refractivity contribution in [3.05, 3.63) is 65.2 Å². The Morgan fingerprint density at radius 2 is 1.90 bits per heavy atom. The Bertz CT molecular complexity index is 559. The minimum atomic E-state index is 0.0633. The first-order chi connectivity index (χ1) is 9.74. The molecule has 0 aromatic heterocycles. The van der Waals surface area contributed by atoms with Gasteiger partial charge in [-0.05, 0) is 29.8 Å². The van der Waals surface area contributed by atoms with Crippen molar-refractivity contribution >= 4 is 29.3 Å². The zero-order valence-corrected chi connectivity index (χ0v) is 12.6. The molecule has 1 amide bonds. The number of carbonyl (C=O) groups excluding carboxylic acids is 1. The van der Waals surface area contributed by atoms with E-state index in [4.69, 9.17) is 11.6 Å². The van der Waals surface area contributed by atoms with Crippen molar-refractivity contribution in [3.63, 3.8) is 0 Å². The number of hydrogen-bond acceptors (Lipinski definition) is 2. The van der Waals surface area contributed by atoms with Gasteiger partial charge in [0.1, 0.15) is 0 Å². The minimum absolute atomic E-state index is 0.0633. The zero-order valence-electron chi connectivity index (χ0n) is 11.0. The summed E-state index contributed by atoms with van der Waals surface area (Å²) >= 11 is 7.59. The molecular formula is C16H16ClNOS. The highest BCUT2D eigenvalue weighted by atomic mass is 35.5. The van der Waals surface area contributed by atoms with Crippen molar-refractivity contribution in [1.82, 2.24) is 5.32 Å². The second kappa shape index (κ2) is 7.98. The summed E-state index contributed by atoms with van der Waals surface area (Å²) in [5.41, 5.74) is 1.02. The zero-order chi connectivity index (χ0) is 14.2. The highest BCUT2D eigenvalue weighted by Gasteiger charge is 2.02. The van der Waals surface area contributed by atoms with Gasteiger partial charge in [0, 0.05) is 28.6 Å². The van der Waals surface area contributed by atoms with Crippen LogP contribution in [0.25, 0.3) is 0 Å². The van der Waals surface area contributed by atoms with Crippen LogP contribution in [0.15, 0.2) is 59.5 Å². The van der Waals surface area contributed by atoms with Crippen molar-refractivity contribution in [2.75, 3.05) is 5.75 Å². The second-order valence-electron chi connectivity index (χ2n) is 4.32. The molecule has 0 aliphatic rings. The molecule has 0 spiro atoms. The summed E-state index contributed by atoms with van der Waals surface area (Å²) in [6.07, 6.45) is 0.514. The summed E-state index contributed by atoms with van der Waals surface area (Å²) in [7, 11) is 0. The number of amides is 1. The molecule has 104 valence electrons. The maximum absolute atomic E-state index is 11.7. The molecule has 2 aromatic carbocycles. The third kappa shape index (κ3) is 5.27. The van der Waals surface area contributed by atoms with Crippen LogP contribution in [0.4, 0.5) is 0 Å². The predicted octanol–water partition coefficient (Wildman–Crippen LogP) is 4.14. The lowest BCUT2D eigenvalue weighted by Gasteiger charge is -2.06. The average Bonchev–Trinajstić information content (AvgIpc) is 2.46. The lowest BCUT2D eigenvalue weighted by Crippen LogP contribution is -2.22. The average molecular weight is 306 g/mol. The smallest absolute Gasteiger partial charge is 0.221 e. The van der Waals surface area contributed by atoms with E-state index < -0.39 is 0 Å². The van der Waals surface area contributed by atoms with E-state index in [1.165, 1.54) is 4.90 Å². The van der Waals surface area contributed by atoms with E-state index in [2.05, 4.69) is 17.4 Å². The standard InChI is InChI=1S/C16H16ClNOS/c17-14-6-4-5-13(11-14)12-18-16(19)9-10-20-15-7-2-1-3-8-15/h1-8,11H,9-10,12H2,(H,18,19). The third-order valence-electron chi connectivity index (χ3n) is 2.72. The molecule has 0 aliphatic carbocycles. The normalized spacial score (nSPS) is 10.2. The Morgan fingerprint density at radius 1 is 1.10 bits per heavy atom. The van der Waals surface area contributed by atoms with Gasteiger partial charge < -0.3 is 5.32 Å². The monoisotopic (exact) mass is 305 g/mol. The molecule has 4 heteroatoms. The van der Waals surface area contributed by atoms with Crippen molar-refractivity contribution in [2.24, 2.45) is 0 Å². The summed E-state index contributed by atoms with van der Waals surface area (Å²) in [5, 5.41) is 3.59. The van der Waals surface area contributed by atoms with Gasteiger partial charge in [-0.1, -0.05) is 41.9 Å². The molecule has 0 unspecified atom stereocenters. The number of rotatable bonds is 6. The first kappa shape index (κ1) is 14.9. The van der Waals surface area contributed by atoms with Crippen LogP contribution in [0.3, 0.4) is 0 Å². The van der Waals surface area contributed by atoms with Crippen LogP contribution in [-0.4, -0.2) is 11.7 Å². The third-order valence-corrected chi connectivity index (χ3v) is 3.97. The molecule has 0 aliphatic heterocycles. The summed E-state index contributed by atoms with van der Waals surface area (Å²) in [5.74, 6) is 0.846. The van der Waals surface area contributed by atoms with Crippen molar-refractivity contribution < 1.29 is 4.79 Å². The first-order valence-electron chi connectivity index (χ1n) is 6.43. The molecule has 2 aromatic rings. The lowest BCUT2D eigenvalue weighted by molar-refractivity contribution is -0.120. The molecule has 0 fully saturated rings. The van der Waals surface area contributed by atoms with Crippen LogP contribution in [-0.2, 0) is 11.3 Å². The van der Waals surface area contributed by atoms with Crippen LogP contribution in [0, 0.1) is 0 Å². The number of thioether (sulfide) groups is 1. The highest BCUT2D eigenvalue weighted by Crippen LogP contribution is 2.17. The van der Waals surface area contributed by atoms with Gasteiger partial charge in [0.15, 0.2) is 0 Å². The van der Waals surface area contributed by atoms with Crippen LogP contribution in [0.5, 0.6) is 0 Å². The Morgan fingerprint density at radius 3 is 2.65 bits per heavy atom. The van der Waals surface area contributed by atoms with Gasteiger partial charge in [-0.2, -0.15) is 0 Å². The van der Waals surface area contributed by atoms with Gasteiger partial charge in [0.25, 0.3) is 0 Å². The van der Waals surface area contributed by atoms with Gasteiger partial charge in [-0.3, -0.25) is 4.79 Å². The summed E-state index contributed by atoms with van der Waals surface area (Å²) in [6.45, 7) is 0.523. The van der Waals surface area contributed by atoms with E-state index in [1.54, 1.807) is 11.8 Å². The quantitative estimate of drug-likeness (QED) is 0.813. The van der Waals surface area contributed by atoms with E-state index in [9.17, 15) is 4.79 Å². The van der Waals surface area contributed by atoms with E-state index in [1.807, 2.05) is 42.5 Å². The molecular weight excluding hydrogens is 290 g/mol. The molecule has 0 atom stereocenters. The molecule has 0 bridgehead atoms. The Kier molecular flexibility index (Phi) is 5.96. The summed E-state index contributed by atoms with van der Waals surface area (Å²) in [6, 6.07) is 17.6. The van der Waals surface area contributed by atoms with Crippen molar-refractivity contribution in [2.45, 2.75) is 17.9 Å². The molecule has 2 rings (SSSR count). The maximum atomic E-state index is 11.7. The highest BCUT2D eigenvalue weighted by molar-refractivity contribution is 7.99. The minimum Gasteiger partial charge on any atom is -0.352 e. The van der Waals surface area contributed by atoms with Gasteiger partial charge in [-0.25, -0.2) is 0 Å². The largest absolute Gasteiger partial charge is 0.352 e. The van der Waals surface area contributed by atoms with E-state index in [0.29, 0.717) is 18.0 Å². The number of hydrogen-bond donors (Lipinski definition) is 1. The molecule has 0 saturated heterocycles. The number of carbonyl (C=O) groups is 1. The number of halogens is 1. The summed E-state index contributed by atoms with van der Waals surface area (Å²) < 4.78 is 0. The van der Waals surface area contributed by atoms with E-state index in [0.717, 1.165) is 11.3 Å². The predicted molar refractivity (Wildman–Crippen MR) is 85.1 cm³/mol. The van der Waals surface area contributed by atoms with Crippen molar-refractivity contribution in [1.29, 1.82) is 0 Å². The topological polar surface area (TPSA) is 29.1 Å². The maximum Gasteiger partial charge on any atom is 0.221 e. The fourth-order valence-corrected chi connectivity index (χ4v) is 2.80.